The number of nitrogen functional groups attached to an aromatic ring is 1. The molecule has 0 saturated carbocycles. The maximum atomic E-state index is 5.71. The predicted octanol–water partition coefficient (Wildman–Crippen LogP) is 0.946. The van der Waals surface area contributed by atoms with E-state index in [0.29, 0.717) is 23.9 Å². The minimum Gasteiger partial charge on any atom is -0.493 e. The Hall–Kier alpha value is -1.46. The molecule has 0 spiro atoms. The van der Waals surface area contributed by atoms with Crippen LogP contribution < -0.4 is 15.2 Å². The molecule has 1 aromatic carbocycles. The van der Waals surface area contributed by atoms with Crippen molar-refractivity contribution < 1.29 is 14.2 Å². The summed E-state index contributed by atoms with van der Waals surface area (Å²) in [5.74, 6) is 1.38. The second-order valence-corrected chi connectivity index (χ2v) is 3.91. The van der Waals surface area contributed by atoms with Gasteiger partial charge in [0.25, 0.3) is 0 Å². The van der Waals surface area contributed by atoms with Crippen LogP contribution in [0.3, 0.4) is 0 Å². The topological polar surface area (TPSA) is 57.0 Å². The molecule has 1 saturated heterocycles. The van der Waals surface area contributed by atoms with Gasteiger partial charge in [0.15, 0.2) is 11.5 Å². The Morgan fingerprint density at radius 3 is 2.76 bits per heavy atom. The molecule has 1 heterocycles. The van der Waals surface area contributed by atoms with Crippen molar-refractivity contribution in [1.29, 1.82) is 0 Å². The lowest BCUT2D eigenvalue weighted by atomic mass is 10.3. The lowest BCUT2D eigenvalue weighted by molar-refractivity contribution is 0.00355. The highest BCUT2D eigenvalue weighted by Crippen LogP contribution is 2.29. The molecule has 0 aliphatic carbocycles. The molecule has 5 nitrogen and oxygen atoms in total. The molecule has 1 aliphatic rings. The minimum absolute atomic E-state index is 0.545. The Morgan fingerprint density at radius 2 is 2.06 bits per heavy atom. The van der Waals surface area contributed by atoms with E-state index in [1.54, 1.807) is 19.2 Å². The molecule has 0 radical (unpaired) electrons. The molecule has 0 atom stereocenters. The van der Waals surface area contributed by atoms with Crippen molar-refractivity contribution in [2.75, 3.05) is 45.9 Å². The van der Waals surface area contributed by atoms with Gasteiger partial charge in [-0.05, 0) is 12.1 Å². The summed E-state index contributed by atoms with van der Waals surface area (Å²) < 4.78 is 16.2. The normalized spacial score (nSPS) is 16.8. The summed E-state index contributed by atoms with van der Waals surface area (Å²) in [4.78, 5) is 2.19. The maximum Gasteiger partial charge on any atom is 0.163 e. The number of hydrogen-bond acceptors (Lipinski definition) is 5. The average Bonchev–Trinajstić information content (AvgIpc) is 2.38. The van der Waals surface area contributed by atoms with E-state index in [0.717, 1.165) is 26.3 Å². The Morgan fingerprint density at radius 1 is 1.29 bits per heavy atom. The van der Waals surface area contributed by atoms with Crippen LogP contribution in [-0.4, -0.2) is 45.0 Å². The van der Waals surface area contributed by atoms with Crippen LogP contribution in [0.5, 0.6) is 11.5 Å². The molecule has 0 bridgehead atoms. The largest absolute Gasteiger partial charge is 0.493 e. The van der Waals surface area contributed by atoms with Crippen molar-refractivity contribution in [3.05, 3.63) is 18.2 Å². The van der Waals surface area contributed by atoms with Gasteiger partial charge in [0, 0.05) is 24.8 Å². The Balaban J connectivity index is 1.93. The summed E-state index contributed by atoms with van der Waals surface area (Å²) in [6.45, 7) is 3.88. The molecule has 17 heavy (non-hydrogen) atoms. The molecule has 0 unspecified atom stereocenters. The fraction of sp³-hybridized carbons (Fsp3) is 0.500. The third kappa shape index (κ3) is 3.25. The van der Waals surface area contributed by atoms with Crippen LogP contribution in [0.25, 0.3) is 0 Å². The minimum atomic E-state index is 0.545. The van der Waals surface area contributed by atoms with Crippen molar-refractivity contribution >= 4 is 5.69 Å². The van der Waals surface area contributed by atoms with E-state index in [9.17, 15) is 0 Å². The van der Waals surface area contributed by atoms with Crippen LogP contribution in [0.15, 0.2) is 18.2 Å². The fourth-order valence-electron chi connectivity index (χ4n) is 1.69. The third-order valence-electron chi connectivity index (χ3n) is 2.69. The van der Waals surface area contributed by atoms with Gasteiger partial charge >= 0.3 is 0 Å². The van der Waals surface area contributed by atoms with Gasteiger partial charge in [-0.3, -0.25) is 4.90 Å². The first-order valence-corrected chi connectivity index (χ1v) is 5.66. The van der Waals surface area contributed by atoms with E-state index in [1.165, 1.54) is 0 Å². The summed E-state index contributed by atoms with van der Waals surface area (Å²) in [5.41, 5.74) is 6.35. The van der Waals surface area contributed by atoms with Gasteiger partial charge in [-0.1, -0.05) is 0 Å². The number of benzene rings is 1. The van der Waals surface area contributed by atoms with E-state index in [4.69, 9.17) is 19.9 Å². The molecule has 1 aliphatic heterocycles. The summed E-state index contributed by atoms with van der Waals surface area (Å²) >= 11 is 0. The Bertz CT molecular complexity index is 365. The van der Waals surface area contributed by atoms with Crippen LogP contribution in [-0.2, 0) is 4.74 Å². The smallest absolute Gasteiger partial charge is 0.163 e. The van der Waals surface area contributed by atoms with Gasteiger partial charge in [0.2, 0.25) is 0 Å². The molecule has 94 valence electrons. The lowest BCUT2D eigenvalue weighted by Crippen LogP contribution is -2.38. The lowest BCUT2D eigenvalue weighted by Gasteiger charge is -2.26. The van der Waals surface area contributed by atoms with Gasteiger partial charge in [0.05, 0.1) is 20.3 Å². The third-order valence-corrected chi connectivity index (χ3v) is 2.69. The van der Waals surface area contributed by atoms with Gasteiger partial charge in [-0.25, -0.2) is 0 Å². The van der Waals surface area contributed by atoms with E-state index >= 15 is 0 Å². The van der Waals surface area contributed by atoms with Crippen molar-refractivity contribution in [3.63, 3.8) is 0 Å². The van der Waals surface area contributed by atoms with Gasteiger partial charge in [-0.2, -0.15) is 0 Å². The average molecular weight is 238 g/mol. The second kappa shape index (κ2) is 5.75. The van der Waals surface area contributed by atoms with E-state index in [2.05, 4.69) is 4.90 Å². The van der Waals surface area contributed by atoms with Crippen LogP contribution in [0.4, 0.5) is 5.69 Å². The van der Waals surface area contributed by atoms with Crippen LogP contribution in [0.1, 0.15) is 0 Å². The maximum absolute atomic E-state index is 5.71. The van der Waals surface area contributed by atoms with Crippen LogP contribution in [0.2, 0.25) is 0 Å². The first-order valence-electron chi connectivity index (χ1n) is 5.66. The van der Waals surface area contributed by atoms with Crippen molar-refractivity contribution in [1.82, 2.24) is 4.90 Å². The molecule has 1 fully saturated rings. The van der Waals surface area contributed by atoms with Crippen molar-refractivity contribution in [3.8, 4) is 11.5 Å². The van der Waals surface area contributed by atoms with Crippen LogP contribution in [0, 0.1) is 0 Å². The summed E-state index contributed by atoms with van der Waals surface area (Å²) in [5, 5.41) is 0. The summed E-state index contributed by atoms with van der Waals surface area (Å²) in [6, 6.07) is 5.39. The predicted molar refractivity (Wildman–Crippen MR) is 65.3 cm³/mol. The summed E-state index contributed by atoms with van der Waals surface area (Å²) in [7, 11) is 1.61. The highest BCUT2D eigenvalue weighted by Gasteiger charge is 2.12. The summed E-state index contributed by atoms with van der Waals surface area (Å²) in [6.07, 6.45) is 0. The number of hydrogen-bond donors (Lipinski definition) is 1. The number of methoxy groups -OCH3 is 1. The monoisotopic (exact) mass is 238 g/mol. The fourth-order valence-corrected chi connectivity index (χ4v) is 1.69. The molecule has 0 aromatic heterocycles. The molecule has 2 rings (SSSR count). The van der Waals surface area contributed by atoms with E-state index in [-0.39, 0.29) is 0 Å². The number of nitrogens with two attached hydrogens (primary N) is 1. The standard InChI is InChI=1S/C12H18N2O3/c1-15-12-8-10(13)2-3-11(12)17-9-14-4-6-16-7-5-14/h2-3,8H,4-7,9,13H2,1H3. The molecule has 5 heteroatoms. The molecular weight excluding hydrogens is 220 g/mol. The zero-order valence-electron chi connectivity index (χ0n) is 10.0. The number of morpholine rings is 1. The van der Waals surface area contributed by atoms with E-state index < -0.39 is 0 Å². The number of nitrogens with zero attached hydrogens (tertiary/aromatic N) is 1. The first kappa shape index (κ1) is 12.0. The molecule has 2 N–H and O–H groups in total. The number of anilines is 1. The molecule has 1 aromatic rings. The second-order valence-electron chi connectivity index (χ2n) is 3.91. The molecule has 0 amide bonds. The Kier molecular flexibility index (Phi) is 4.06. The Labute approximate surface area is 101 Å². The van der Waals surface area contributed by atoms with Crippen LogP contribution >= 0.6 is 0 Å². The van der Waals surface area contributed by atoms with Gasteiger partial charge < -0.3 is 19.9 Å². The zero-order valence-corrected chi connectivity index (χ0v) is 10.0. The zero-order chi connectivity index (χ0) is 12.1. The molecular formula is C12H18N2O3. The van der Waals surface area contributed by atoms with Crippen molar-refractivity contribution in [2.24, 2.45) is 0 Å². The number of ether oxygens (including phenoxy) is 3. The van der Waals surface area contributed by atoms with Gasteiger partial charge in [-0.15, -0.1) is 0 Å². The SMILES string of the molecule is COc1cc(N)ccc1OCN1CCOCC1. The quantitative estimate of drug-likeness (QED) is 0.791. The van der Waals surface area contributed by atoms with Gasteiger partial charge in [0.1, 0.15) is 6.73 Å². The number of rotatable bonds is 4. The van der Waals surface area contributed by atoms with E-state index in [1.807, 2.05) is 6.07 Å². The highest BCUT2D eigenvalue weighted by molar-refractivity contribution is 5.51. The van der Waals surface area contributed by atoms with Crippen molar-refractivity contribution in [2.45, 2.75) is 0 Å². The first-order chi connectivity index (χ1) is 8.29. The highest BCUT2D eigenvalue weighted by atomic mass is 16.5.